The number of nitrogens with zero attached hydrogens (tertiary/aromatic N) is 1. The van der Waals surface area contributed by atoms with Crippen LogP contribution in [-0.2, 0) is 4.79 Å². The molecule has 0 aliphatic carbocycles. The van der Waals surface area contributed by atoms with Crippen LogP contribution in [0.2, 0.25) is 0 Å². The van der Waals surface area contributed by atoms with Crippen LogP contribution in [0.3, 0.4) is 0 Å². The Hall–Kier alpha value is -2.24. The minimum absolute atomic E-state index is 0.0697. The van der Waals surface area contributed by atoms with Crippen LogP contribution in [0.5, 0.6) is 11.5 Å². The molecule has 0 spiro atoms. The number of carboxylic acid groups (broad SMARTS) is 1. The van der Waals surface area contributed by atoms with Crippen molar-refractivity contribution < 1.29 is 24.2 Å². The smallest absolute Gasteiger partial charge is 0.323 e. The van der Waals surface area contributed by atoms with Crippen LogP contribution in [0.1, 0.15) is 24.2 Å². The van der Waals surface area contributed by atoms with Crippen LogP contribution >= 0.6 is 0 Å². The third kappa shape index (κ3) is 2.62. The van der Waals surface area contributed by atoms with E-state index >= 15 is 0 Å². The minimum Gasteiger partial charge on any atom is -0.480 e. The highest BCUT2D eigenvalue weighted by molar-refractivity contribution is 5.99. The predicted molar refractivity (Wildman–Crippen MR) is 66.4 cm³/mol. The van der Waals surface area contributed by atoms with Crippen LogP contribution < -0.4 is 9.47 Å². The van der Waals surface area contributed by atoms with Crippen molar-refractivity contribution >= 4 is 11.9 Å². The van der Waals surface area contributed by atoms with Crippen LogP contribution in [-0.4, -0.2) is 41.3 Å². The average molecular weight is 265 g/mol. The van der Waals surface area contributed by atoms with Gasteiger partial charge in [-0.1, -0.05) is 6.07 Å². The number of hydrogen-bond acceptors (Lipinski definition) is 4. The Morgan fingerprint density at radius 1 is 1.37 bits per heavy atom. The highest BCUT2D eigenvalue weighted by Gasteiger charge is 2.27. The molecule has 0 atom stereocenters. The van der Waals surface area contributed by atoms with Crippen LogP contribution in [0, 0.1) is 0 Å². The van der Waals surface area contributed by atoms with Crippen LogP contribution in [0.25, 0.3) is 0 Å². The molecule has 19 heavy (non-hydrogen) atoms. The zero-order chi connectivity index (χ0) is 14.0. The Bertz CT molecular complexity index is 512. The Morgan fingerprint density at radius 3 is 2.74 bits per heavy atom. The normalized spacial score (nSPS) is 12.6. The fourth-order valence-corrected chi connectivity index (χ4v) is 1.89. The van der Waals surface area contributed by atoms with Crippen molar-refractivity contribution in [2.24, 2.45) is 0 Å². The molecule has 0 unspecified atom stereocenters. The quantitative estimate of drug-likeness (QED) is 0.889. The first-order valence-electron chi connectivity index (χ1n) is 5.92. The molecule has 1 aromatic rings. The summed E-state index contributed by atoms with van der Waals surface area (Å²) < 4.78 is 10.5. The summed E-state index contributed by atoms with van der Waals surface area (Å²) in [5, 5.41) is 8.87. The highest BCUT2D eigenvalue weighted by atomic mass is 16.7. The van der Waals surface area contributed by atoms with Gasteiger partial charge < -0.3 is 19.5 Å². The van der Waals surface area contributed by atoms with Gasteiger partial charge in [-0.2, -0.15) is 0 Å². The molecule has 0 fully saturated rings. The van der Waals surface area contributed by atoms with E-state index in [2.05, 4.69) is 0 Å². The Balaban J connectivity index is 2.32. The lowest BCUT2D eigenvalue weighted by atomic mass is 10.1. The van der Waals surface area contributed by atoms with Gasteiger partial charge in [-0.15, -0.1) is 0 Å². The number of rotatable bonds is 4. The monoisotopic (exact) mass is 265 g/mol. The maximum Gasteiger partial charge on any atom is 0.323 e. The lowest BCUT2D eigenvalue weighted by molar-refractivity contribution is -0.138. The first-order chi connectivity index (χ1) is 9.00. The van der Waals surface area contributed by atoms with E-state index in [-0.39, 0.29) is 25.3 Å². The summed E-state index contributed by atoms with van der Waals surface area (Å²) in [5.41, 5.74) is 0.324. The van der Waals surface area contributed by atoms with Crippen molar-refractivity contribution in [3.05, 3.63) is 23.8 Å². The highest BCUT2D eigenvalue weighted by Crippen LogP contribution is 2.36. The van der Waals surface area contributed by atoms with E-state index in [1.54, 1.807) is 32.0 Å². The van der Waals surface area contributed by atoms with Gasteiger partial charge in [0.05, 0.1) is 5.56 Å². The molecule has 1 aliphatic rings. The summed E-state index contributed by atoms with van der Waals surface area (Å²) >= 11 is 0. The first-order valence-corrected chi connectivity index (χ1v) is 5.92. The maximum absolute atomic E-state index is 12.4. The van der Waals surface area contributed by atoms with E-state index in [4.69, 9.17) is 14.6 Å². The van der Waals surface area contributed by atoms with Crippen molar-refractivity contribution in [1.82, 2.24) is 4.90 Å². The molecule has 0 aromatic heterocycles. The van der Waals surface area contributed by atoms with Gasteiger partial charge in [0.15, 0.2) is 11.5 Å². The van der Waals surface area contributed by atoms with E-state index in [0.717, 1.165) is 0 Å². The molecule has 6 heteroatoms. The van der Waals surface area contributed by atoms with E-state index in [0.29, 0.717) is 17.1 Å². The number of aliphatic carboxylic acids is 1. The van der Waals surface area contributed by atoms with E-state index in [9.17, 15) is 9.59 Å². The standard InChI is InChI=1S/C13H15NO5/c1-8(2)14(6-11(15)16)13(17)9-4-3-5-10-12(9)19-7-18-10/h3-5,8H,6-7H2,1-2H3,(H,15,16). The molecule has 1 heterocycles. The zero-order valence-corrected chi connectivity index (χ0v) is 10.8. The first kappa shape index (κ1) is 13.2. The van der Waals surface area contributed by atoms with Crippen LogP contribution in [0.15, 0.2) is 18.2 Å². The number of fused-ring (bicyclic) bond motifs is 1. The van der Waals surface area contributed by atoms with Gasteiger partial charge >= 0.3 is 5.97 Å². The number of amides is 1. The Morgan fingerprint density at radius 2 is 2.11 bits per heavy atom. The lowest BCUT2D eigenvalue weighted by Gasteiger charge is -2.25. The molecule has 0 saturated heterocycles. The predicted octanol–water partition coefficient (Wildman–Crippen LogP) is 1.35. The summed E-state index contributed by atoms with van der Waals surface area (Å²) in [7, 11) is 0. The molecule has 0 saturated carbocycles. The molecule has 2 rings (SSSR count). The summed E-state index contributed by atoms with van der Waals surface area (Å²) in [4.78, 5) is 24.5. The van der Waals surface area contributed by atoms with Crippen molar-refractivity contribution in [1.29, 1.82) is 0 Å². The van der Waals surface area contributed by atoms with Crippen molar-refractivity contribution in [2.45, 2.75) is 19.9 Å². The zero-order valence-electron chi connectivity index (χ0n) is 10.8. The number of benzene rings is 1. The van der Waals surface area contributed by atoms with E-state index in [1.165, 1.54) is 4.90 Å². The number of carboxylic acids is 1. The lowest BCUT2D eigenvalue weighted by Crippen LogP contribution is -2.40. The molecular formula is C13H15NO5. The second-order valence-corrected chi connectivity index (χ2v) is 4.46. The van der Waals surface area contributed by atoms with Crippen molar-refractivity contribution in [3.8, 4) is 11.5 Å². The van der Waals surface area contributed by atoms with Crippen molar-refractivity contribution in [3.63, 3.8) is 0 Å². The number of para-hydroxylation sites is 1. The van der Waals surface area contributed by atoms with Gasteiger partial charge in [0.1, 0.15) is 6.54 Å². The van der Waals surface area contributed by atoms with E-state index in [1.807, 2.05) is 0 Å². The molecule has 0 bridgehead atoms. The van der Waals surface area contributed by atoms with E-state index < -0.39 is 5.97 Å². The molecule has 6 nitrogen and oxygen atoms in total. The van der Waals surface area contributed by atoms with Crippen molar-refractivity contribution in [2.75, 3.05) is 13.3 Å². The van der Waals surface area contributed by atoms with Gasteiger partial charge in [0.2, 0.25) is 6.79 Å². The molecule has 1 amide bonds. The summed E-state index contributed by atoms with van der Waals surface area (Å²) in [6, 6.07) is 4.77. The fourth-order valence-electron chi connectivity index (χ4n) is 1.89. The van der Waals surface area contributed by atoms with Gasteiger partial charge in [0, 0.05) is 6.04 Å². The number of hydrogen-bond donors (Lipinski definition) is 1. The second-order valence-electron chi connectivity index (χ2n) is 4.46. The van der Waals surface area contributed by atoms with Gasteiger partial charge in [-0.05, 0) is 26.0 Å². The van der Waals surface area contributed by atoms with Gasteiger partial charge in [0.25, 0.3) is 5.91 Å². The third-order valence-electron chi connectivity index (χ3n) is 2.82. The number of carbonyl (C=O) groups is 2. The molecule has 0 radical (unpaired) electrons. The SMILES string of the molecule is CC(C)N(CC(=O)O)C(=O)c1cccc2c1OCO2. The Labute approximate surface area is 110 Å². The molecule has 102 valence electrons. The maximum atomic E-state index is 12.4. The number of carbonyl (C=O) groups excluding carboxylic acids is 1. The summed E-state index contributed by atoms with van der Waals surface area (Å²) in [6.45, 7) is 3.25. The minimum atomic E-state index is -1.05. The summed E-state index contributed by atoms with van der Waals surface area (Å²) in [5.74, 6) is -0.542. The number of ether oxygens (including phenoxy) is 2. The molecular weight excluding hydrogens is 250 g/mol. The Kier molecular flexibility index (Phi) is 3.59. The second kappa shape index (κ2) is 5.17. The topological polar surface area (TPSA) is 76.1 Å². The fraction of sp³-hybridized carbons (Fsp3) is 0.385. The molecule has 1 N–H and O–H groups in total. The largest absolute Gasteiger partial charge is 0.480 e. The van der Waals surface area contributed by atoms with Gasteiger partial charge in [-0.3, -0.25) is 9.59 Å². The average Bonchev–Trinajstić information content (AvgIpc) is 2.82. The molecule has 1 aromatic carbocycles. The third-order valence-corrected chi connectivity index (χ3v) is 2.82. The van der Waals surface area contributed by atoms with Crippen LogP contribution in [0.4, 0.5) is 0 Å². The van der Waals surface area contributed by atoms with Gasteiger partial charge in [-0.25, -0.2) is 0 Å². The molecule has 1 aliphatic heterocycles. The summed E-state index contributed by atoms with van der Waals surface area (Å²) in [6.07, 6.45) is 0.